The predicted octanol–water partition coefficient (Wildman–Crippen LogP) is 1.43. The molecule has 6 nitrogen and oxygen atoms in total. The molecule has 7 heteroatoms. The first kappa shape index (κ1) is 15.1. The van der Waals surface area contributed by atoms with Gasteiger partial charge in [-0.1, -0.05) is 11.3 Å². The van der Waals surface area contributed by atoms with Gasteiger partial charge in [0.25, 0.3) is 5.91 Å². The molecule has 1 aliphatic heterocycles. The summed E-state index contributed by atoms with van der Waals surface area (Å²) in [7, 11) is 1.80. The molecule has 2 heterocycles. The third kappa shape index (κ3) is 2.88. The van der Waals surface area contributed by atoms with Crippen molar-refractivity contribution in [1.29, 1.82) is 0 Å². The normalized spacial score (nSPS) is 18.2. The number of likely N-dealkylation sites (N-methyl/N-ethyl adjacent to an activating group) is 1. The molecule has 1 unspecified atom stereocenters. The van der Waals surface area contributed by atoms with Gasteiger partial charge in [0.1, 0.15) is 10.7 Å². The van der Waals surface area contributed by atoms with Crippen LogP contribution in [0.4, 0.5) is 10.9 Å². The number of carbonyl (C=O) groups excluding carboxylic acids is 1. The van der Waals surface area contributed by atoms with Crippen LogP contribution in [-0.4, -0.2) is 55.2 Å². The van der Waals surface area contributed by atoms with Gasteiger partial charge in [0.2, 0.25) is 0 Å². The molecule has 0 aliphatic carbocycles. The second-order valence-electron chi connectivity index (χ2n) is 4.82. The lowest BCUT2D eigenvalue weighted by atomic mass is 10.2. The molecule has 0 aromatic carbocycles. The average Bonchev–Trinajstić information content (AvgIpc) is 3.08. The highest BCUT2D eigenvalue weighted by Gasteiger charge is 2.28. The number of anilines is 2. The summed E-state index contributed by atoms with van der Waals surface area (Å²) in [6.45, 7) is 7.14. The van der Waals surface area contributed by atoms with E-state index in [1.165, 1.54) is 11.3 Å². The lowest BCUT2D eigenvalue weighted by Crippen LogP contribution is -2.37. The van der Waals surface area contributed by atoms with Crippen molar-refractivity contribution in [3.8, 4) is 0 Å². The lowest BCUT2D eigenvalue weighted by molar-refractivity contribution is 0.0717. The van der Waals surface area contributed by atoms with E-state index in [9.17, 15) is 4.79 Å². The van der Waals surface area contributed by atoms with Crippen molar-refractivity contribution in [3.05, 3.63) is 4.88 Å². The Morgan fingerprint density at radius 3 is 2.75 bits per heavy atom. The molecule has 1 aromatic rings. The largest absolute Gasteiger partial charge is 0.382 e. The van der Waals surface area contributed by atoms with Crippen LogP contribution in [0, 0.1) is 0 Å². The number of ether oxygens (including phenoxy) is 1. The molecular formula is C13H22N4O2S. The summed E-state index contributed by atoms with van der Waals surface area (Å²) in [5.41, 5.74) is 5.92. The van der Waals surface area contributed by atoms with Crippen LogP contribution in [0.15, 0.2) is 0 Å². The van der Waals surface area contributed by atoms with Gasteiger partial charge in [0, 0.05) is 26.7 Å². The van der Waals surface area contributed by atoms with E-state index in [2.05, 4.69) is 23.7 Å². The van der Waals surface area contributed by atoms with Crippen LogP contribution < -0.4 is 10.6 Å². The number of nitrogens with two attached hydrogens (primary N) is 1. The smallest absolute Gasteiger partial charge is 0.267 e. The summed E-state index contributed by atoms with van der Waals surface area (Å²) >= 11 is 1.37. The van der Waals surface area contributed by atoms with E-state index in [0.29, 0.717) is 23.9 Å². The Morgan fingerprint density at radius 1 is 1.50 bits per heavy atom. The van der Waals surface area contributed by atoms with Crippen molar-refractivity contribution in [2.45, 2.75) is 26.3 Å². The fraction of sp³-hybridized carbons (Fsp3) is 0.692. The lowest BCUT2D eigenvalue weighted by Gasteiger charge is -2.22. The van der Waals surface area contributed by atoms with Gasteiger partial charge < -0.3 is 20.3 Å². The maximum absolute atomic E-state index is 12.5. The third-order valence-corrected chi connectivity index (χ3v) is 4.76. The molecule has 20 heavy (non-hydrogen) atoms. The zero-order valence-corrected chi connectivity index (χ0v) is 13.1. The molecule has 0 saturated carbocycles. The van der Waals surface area contributed by atoms with Gasteiger partial charge in [-0.15, -0.1) is 0 Å². The number of nitrogen functional groups attached to an aromatic ring is 1. The maximum atomic E-state index is 12.5. The van der Waals surface area contributed by atoms with Crippen LogP contribution in [0.3, 0.4) is 0 Å². The highest BCUT2D eigenvalue weighted by molar-refractivity contribution is 7.18. The van der Waals surface area contributed by atoms with Crippen molar-refractivity contribution in [3.63, 3.8) is 0 Å². The number of aromatic nitrogens is 1. The van der Waals surface area contributed by atoms with Crippen LogP contribution in [0.2, 0.25) is 0 Å². The van der Waals surface area contributed by atoms with Crippen molar-refractivity contribution in [2.24, 2.45) is 0 Å². The zero-order valence-electron chi connectivity index (χ0n) is 12.3. The molecule has 2 N–H and O–H groups in total. The fourth-order valence-corrected chi connectivity index (χ4v) is 3.35. The van der Waals surface area contributed by atoms with E-state index in [0.717, 1.165) is 24.6 Å². The van der Waals surface area contributed by atoms with Crippen LogP contribution in [-0.2, 0) is 4.74 Å². The molecule has 0 radical (unpaired) electrons. The van der Waals surface area contributed by atoms with Gasteiger partial charge in [-0.3, -0.25) is 4.79 Å². The van der Waals surface area contributed by atoms with Crippen molar-refractivity contribution >= 4 is 28.2 Å². The predicted molar refractivity (Wildman–Crippen MR) is 81.4 cm³/mol. The molecule has 0 spiro atoms. The topological polar surface area (TPSA) is 71.7 Å². The van der Waals surface area contributed by atoms with E-state index in [4.69, 9.17) is 10.5 Å². The summed E-state index contributed by atoms with van der Waals surface area (Å²) in [6.07, 6.45) is 0.879. The van der Waals surface area contributed by atoms with Gasteiger partial charge in [0.05, 0.1) is 12.6 Å². The standard InChI is InChI=1S/C13H22N4O2S/c1-4-17(5-2)13-15-11(14)10(20-13)12(18)16(3)9-6-7-19-8-9/h9H,4-8,14H2,1-3H3. The minimum Gasteiger partial charge on any atom is -0.382 e. The highest BCUT2D eigenvalue weighted by atomic mass is 32.1. The Balaban J connectivity index is 2.17. The molecule has 1 aromatic heterocycles. The molecule has 1 saturated heterocycles. The molecule has 1 amide bonds. The molecule has 0 bridgehead atoms. The number of hydrogen-bond donors (Lipinski definition) is 1. The highest BCUT2D eigenvalue weighted by Crippen LogP contribution is 2.29. The van der Waals surface area contributed by atoms with Gasteiger partial charge in [0.15, 0.2) is 5.13 Å². The molecule has 112 valence electrons. The minimum absolute atomic E-state index is 0.0612. The molecule has 2 rings (SSSR count). The van der Waals surface area contributed by atoms with Crippen molar-refractivity contribution in [2.75, 3.05) is 44.0 Å². The Kier molecular flexibility index (Phi) is 4.82. The van der Waals surface area contributed by atoms with Crippen LogP contribution in [0.25, 0.3) is 0 Å². The number of amides is 1. The van der Waals surface area contributed by atoms with Gasteiger partial charge in [-0.05, 0) is 20.3 Å². The Labute approximate surface area is 123 Å². The Bertz CT molecular complexity index is 467. The average molecular weight is 298 g/mol. The first-order chi connectivity index (χ1) is 9.58. The third-order valence-electron chi connectivity index (χ3n) is 3.64. The van der Waals surface area contributed by atoms with Gasteiger partial charge in [-0.25, -0.2) is 4.98 Å². The first-order valence-electron chi connectivity index (χ1n) is 6.94. The fourth-order valence-electron chi connectivity index (χ4n) is 2.26. The minimum atomic E-state index is -0.0612. The molecular weight excluding hydrogens is 276 g/mol. The van der Waals surface area contributed by atoms with Crippen molar-refractivity contribution in [1.82, 2.24) is 9.88 Å². The monoisotopic (exact) mass is 298 g/mol. The number of nitrogens with zero attached hydrogens (tertiary/aromatic N) is 3. The van der Waals surface area contributed by atoms with Crippen molar-refractivity contribution < 1.29 is 9.53 Å². The van der Waals surface area contributed by atoms with Crippen LogP contribution >= 0.6 is 11.3 Å². The number of hydrogen-bond acceptors (Lipinski definition) is 6. The van der Waals surface area contributed by atoms with Crippen LogP contribution in [0.5, 0.6) is 0 Å². The Morgan fingerprint density at radius 2 is 2.20 bits per heavy atom. The second kappa shape index (κ2) is 6.41. The zero-order chi connectivity index (χ0) is 14.7. The van der Waals surface area contributed by atoms with Gasteiger partial charge in [-0.2, -0.15) is 0 Å². The SMILES string of the molecule is CCN(CC)c1nc(N)c(C(=O)N(C)C2CCOC2)s1. The Hall–Kier alpha value is -1.34. The summed E-state index contributed by atoms with van der Waals surface area (Å²) in [6, 6.07) is 0.140. The second-order valence-corrected chi connectivity index (χ2v) is 5.79. The summed E-state index contributed by atoms with van der Waals surface area (Å²) in [5.74, 6) is 0.265. The van der Waals surface area contributed by atoms with Crippen LogP contribution in [0.1, 0.15) is 29.9 Å². The summed E-state index contributed by atoms with van der Waals surface area (Å²) in [4.78, 5) is 21.2. The first-order valence-corrected chi connectivity index (χ1v) is 7.76. The number of thiazole rings is 1. The van der Waals surface area contributed by atoms with Gasteiger partial charge >= 0.3 is 0 Å². The van der Waals surface area contributed by atoms with E-state index < -0.39 is 0 Å². The number of carbonyl (C=O) groups is 1. The van der Waals surface area contributed by atoms with E-state index in [1.54, 1.807) is 11.9 Å². The maximum Gasteiger partial charge on any atom is 0.267 e. The van der Waals surface area contributed by atoms with E-state index in [1.807, 2.05) is 0 Å². The molecule has 1 fully saturated rings. The summed E-state index contributed by atoms with van der Waals surface area (Å²) in [5, 5.41) is 0.812. The molecule has 1 atom stereocenters. The molecule has 1 aliphatic rings. The number of rotatable bonds is 5. The summed E-state index contributed by atoms with van der Waals surface area (Å²) < 4.78 is 5.33. The van der Waals surface area contributed by atoms with E-state index in [-0.39, 0.29) is 11.9 Å². The quantitative estimate of drug-likeness (QED) is 0.890. The van der Waals surface area contributed by atoms with E-state index >= 15 is 0 Å².